The van der Waals surface area contributed by atoms with E-state index in [0.29, 0.717) is 17.8 Å². The van der Waals surface area contributed by atoms with Crippen LogP contribution < -0.4 is 21.5 Å². The quantitative estimate of drug-likeness (QED) is 0.585. The van der Waals surface area contributed by atoms with Crippen molar-refractivity contribution in [3.63, 3.8) is 0 Å². The minimum atomic E-state index is -3.85. The number of carbonyl (C=O) groups excluding carboxylic acids is 1. The highest BCUT2D eigenvalue weighted by Crippen LogP contribution is 2.27. The number of hydrogen-bond donors (Lipinski definition) is 4. The zero-order chi connectivity index (χ0) is 16.4. The highest BCUT2D eigenvalue weighted by atomic mass is 32.2. The van der Waals surface area contributed by atoms with E-state index in [4.69, 9.17) is 10.9 Å². The van der Waals surface area contributed by atoms with Gasteiger partial charge in [0.25, 0.3) is 0 Å². The maximum Gasteiger partial charge on any atom is 0.238 e. The van der Waals surface area contributed by atoms with E-state index in [1.54, 1.807) is 33.9 Å². The maximum atomic E-state index is 11.7. The van der Waals surface area contributed by atoms with E-state index < -0.39 is 15.4 Å². The van der Waals surface area contributed by atoms with Crippen molar-refractivity contribution in [2.24, 2.45) is 10.6 Å². The number of hydrogen-bond acceptors (Lipinski definition) is 5. The molecule has 1 aromatic rings. The molecule has 8 heteroatoms. The minimum Gasteiger partial charge on any atom is -0.399 e. The lowest BCUT2D eigenvalue weighted by atomic mass is 9.92. The van der Waals surface area contributed by atoms with Gasteiger partial charge in [-0.3, -0.25) is 4.79 Å². The van der Waals surface area contributed by atoms with Crippen LogP contribution in [0.4, 0.5) is 11.4 Å². The van der Waals surface area contributed by atoms with Gasteiger partial charge in [0.1, 0.15) is 0 Å². The fourth-order valence-electron chi connectivity index (χ4n) is 1.92. The Hall–Kier alpha value is -1.80. The number of anilines is 2. The first kappa shape index (κ1) is 17.3. The van der Waals surface area contributed by atoms with Crippen molar-refractivity contribution < 1.29 is 13.2 Å². The zero-order valence-corrected chi connectivity index (χ0v) is 13.5. The van der Waals surface area contributed by atoms with Crippen molar-refractivity contribution in [3.8, 4) is 0 Å². The number of benzene rings is 1. The highest BCUT2D eigenvalue weighted by molar-refractivity contribution is 7.89. The second-order valence-corrected chi connectivity index (χ2v) is 7.08. The molecule has 7 nitrogen and oxygen atoms in total. The Labute approximate surface area is 125 Å². The van der Waals surface area contributed by atoms with Gasteiger partial charge in [-0.05, 0) is 38.5 Å². The SMILES string of the molecule is CNC(=O)C(C)(C)CNc1cc(N)cc(S(N)(=O)=O)c1C. The van der Waals surface area contributed by atoms with Gasteiger partial charge in [0.2, 0.25) is 15.9 Å². The van der Waals surface area contributed by atoms with Crippen molar-refractivity contribution in [2.45, 2.75) is 25.7 Å². The van der Waals surface area contributed by atoms with Crippen LogP contribution in [-0.4, -0.2) is 27.9 Å². The Morgan fingerprint density at radius 1 is 1.33 bits per heavy atom. The van der Waals surface area contributed by atoms with Crippen LogP contribution in [0.5, 0.6) is 0 Å². The maximum absolute atomic E-state index is 11.7. The molecule has 0 unspecified atom stereocenters. The zero-order valence-electron chi connectivity index (χ0n) is 12.6. The number of amides is 1. The molecule has 0 aliphatic heterocycles. The van der Waals surface area contributed by atoms with Crippen LogP contribution in [-0.2, 0) is 14.8 Å². The van der Waals surface area contributed by atoms with Crippen LogP contribution in [0, 0.1) is 12.3 Å². The highest BCUT2D eigenvalue weighted by Gasteiger charge is 2.27. The van der Waals surface area contributed by atoms with E-state index >= 15 is 0 Å². The van der Waals surface area contributed by atoms with Crippen LogP contribution in [0.15, 0.2) is 17.0 Å². The van der Waals surface area contributed by atoms with E-state index in [1.165, 1.54) is 6.07 Å². The largest absolute Gasteiger partial charge is 0.399 e. The van der Waals surface area contributed by atoms with Crippen LogP contribution in [0.2, 0.25) is 0 Å². The van der Waals surface area contributed by atoms with Gasteiger partial charge in [-0.25, -0.2) is 13.6 Å². The molecule has 1 rings (SSSR count). The van der Waals surface area contributed by atoms with E-state index in [9.17, 15) is 13.2 Å². The van der Waals surface area contributed by atoms with Crippen molar-refractivity contribution in [3.05, 3.63) is 17.7 Å². The molecular formula is C13H22N4O3S. The third kappa shape index (κ3) is 4.08. The van der Waals surface area contributed by atoms with Gasteiger partial charge >= 0.3 is 0 Å². The van der Waals surface area contributed by atoms with Gasteiger partial charge in [-0.1, -0.05) is 0 Å². The summed E-state index contributed by atoms with van der Waals surface area (Å²) in [7, 11) is -2.29. The fourth-order valence-corrected chi connectivity index (χ4v) is 2.76. The van der Waals surface area contributed by atoms with E-state index in [-0.39, 0.29) is 16.5 Å². The van der Waals surface area contributed by atoms with Crippen LogP contribution in [0.3, 0.4) is 0 Å². The summed E-state index contributed by atoms with van der Waals surface area (Å²) in [5, 5.41) is 10.8. The molecule has 21 heavy (non-hydrogen) atoms. The summed E-state index contributed by atoms with van der Waals surface area (Å²) in [5.74, 6) is -0.122. The fraction of sp³-hybridized carbons (Fsp3) is 0.462. The molecule has 0 aliphatic carbocycles. The van der Waals surface area contributed by atoms with E-state index in [1.807, 2.05) is 0 Å². The molecule has 0 radical (unpaired) electrons. The third-order valence-corrected chi connectivity index (χ3v) is 4.29. The number of rotatable bonds is 5. The lowest BCUT2D eigenvalue weighted by molar-refractivity contribution is -0.128. The van der Waals surface area contributed by atoms with Gasteiger partial charge in [0.05, 0.1) is 10.3 Å². The van der Waals surface area contributed by atoms with Crippen molar-refractivity contribution in [1.82, 2.24) is 5.32 Å². The number of nitrogens with two attached hydrogens (primary N) is 2. The van der Waals surface area contributed by atoms with Gasteiger partial charge in [-0.2, -0.15) is 0 Å². The summed E-state index contributed by atoms with van der Waals surface area (Å²) >= 11 is 0. The Morgan fingerprint density at radius 2 is 1.90 bits per heavy atom. The monoisotopic (exact) mass is 314 g/mol. The molecule has 6 N–H and O–H groups in total. The predicted molar refractivity (Wildman–Crippen MR) is 83.3 cm³/mol. The Morgan fingerprint density at radius 3 is 2.38 bits per heavy atom. The number of nitrogen functional groups attached to an aromatic ring is 1. The van der Waals surface area contributed by atoms with Crippen LogP contribution in [0.25, 0.3) is 0 Å². The smallest absolute Gasteiger partial charge is 0.238 e. The molecule has 0 bridgehead atoms. The molecule has 0 saturated carbocycles. The number of primary sulfonamides is 1. The minimum absolute atomic E-state index is 0.0252. The summed E-state index contributed by atoms with van der Waals surface area (Å²) in [6, 6.07) is 2.93. The number of nitrogens with one attached hydrogen (secondary N) is 2. The van der Waals surface area contributed by atoms with Gasteiger partial charge in [0, 0.05) is 25.0 Å². The molecule has 0 saturated heterocycles. The Kier molecular flexibility index (Phi) is 4.85. The average molecular weight is 314 g/mol. The van der Waals surface area contributed by atoms with Crippen LogP contribution in [0.1, 0.15) is 19.4 Å². The third-order valence-electron chi connectivity index (χ3n) is 3.25. The molecule has 1 aromatic carbocycles. The molecule has 118 valence electrons. The lowest BCUT2D eigenvalue weighted by Gasteiger charge is -2.24. The summed E-state index contributed by atoms with van der Waals surface area (Å²) in [4.78, 5) is 11.7. The standard InChI is InChI=1S/C13H22N4O3S/c1-8-10(17-7-13(2,3)12(18)16-4)5-9(14)6-11(8)21(15,19)20/h5-6,17H,7,14H2,1-4H3,(H,16,18)(H2,15,19,20). The van der Waals surface area contributed by atoms with Crippen molar-refractivity contribution >= 4 is 27.3 Å². The first-order chi connectivity index (χ1) is 9.49. The van der Waals surface area contributed by atoms with Crippen LogP contribution >= 0.6 is 0 Å². The summed E-state index contributed by atoms with van der Waals surface area (Å²) in [6.07, 6.45) is 0. The molecule has 0 spiro atoms. The molecule has 0 heterocycles. The Bertz CT molecular complexity index is 654. The summed E-state index contributed by atoms with van der Waals surface area (Å²) in [5.41, 5.74) is 6.34. The first-order valence-corrected chi connectivity index (χ1v) is 7.92. The second kappa shape index (κ2) is 5.90. The molecule has 0 fully saturated rings. The van der Waals surface area contributed by atoms with Gasteiger partial charge < -0.3 is 16.4 Å². The topological polar surface area (TPSA) is 127 Å². The van der Waals surface area contributed by atoms with Crippen molar-refractivity contribution in [2.75, 3.05) is 24.6 Å². The molecule has 0 aliphatic rings. The van der Waals surface area contributed by atoms with Gasteiger partial charge in [-0.15, -0.1) is 0 Å². The number of sulfonamides is 1. The Balaban J connectivity index is 3.11. The van der Waals surface area contributed by atoms with E-state index in [0.717, 1.165) is 0 Å². The summed E-state index contributed by atoms with van der Waals surface area (Å²) in [6.45, 7) is 5.51. The average Bonchev–Trinajstić information content (AvgIpc) is 2.37. The molecule has 1 amide bonds. The van der Waals surface area contributed by atoms with Crippen molar-refractivity contribution in [1.29, 1.82) is 0 Å². The molecular weight excluding hydrogens is 292 g/mol. The normalized spacial score (nSPS) is 12.0. The first-order valence-electron chi connectivity index (χ1n) is 6.38. The van der Waals surface area contributed by atoms with Gasteiger partial charge in [0.15, 0.2) is 0 Å². The second-order valence-electron chi connectivity index (χ2n) is 5.55. The molecule has 0 atom stereocenters. The lowest BCUT2D eigenvalue weighted by Crippen LogP contribution is -2.39. The molecule has 0 aromatic heterocycles. The number of carbonyl (C=O) groups is 1. The van der Waals surface area contributed by atoms with E-state index in [2.05, 4.69) is 10.6 Å². The predicted octanol–water partition coefficient (Wildman–Crippen LogP) is 0.409. The summed E-state index contributed by atoms with van der Waals surface area (Å²) < 4.78 is 23.1.